The van der Waals surface area contributed by atoms with Crippen LogP contribution in [0.15, 0.2) is 109 Å². The zero-order valence-corrected chi connectivity index (χ0v) is 28.5. The molecular weight excluding hydrogens is 664 g/mol. The molecule has 0 amide bonds. The second-order valence-electron chi connectivity index (χ2n) is 13.5. The van der Waals surface area contributed by atoms with Crippen molar-refractivity contribution in [1.82, 2.24) is 0 Å². The second kappa shape index (κ2) is 12.6. The number of carbonyl (C=O) groups excluding carboxylic acids is 6. The molecule has 2 aliphatic rings. The Morgan fingerprint density at radius 3 is 1.19 bits per heavy atom. The molecule has 0 spiro atoms. The van der Waals surface area contributed by atoms with Crippen molar-refractivity contribution in [3.8, 4) is 11.5 Å². The minimum Gasteiger partial charge on any atom is -0.423 e. The van der Waals surface area contributed by atoms with Crippen molar-refractivity contribution >= 4 is 35.8 Å². The van der Waals surface area contributed by atoms with E-state index in [1.165, 1.54) is 36.4 Å². The summed E-state index contributed by atoms with van der Waals surface area (Å²) in [7, 11) is 0. The molecule has 2 aliphatic heterocycles. The van der Waals surface area contributed by atoms with Crippen LogP contribution in [0.25, 0.3) is 0 Å². The Balaban J connectivity index is 1.03. The van der Waals surface area contributed by atoms with Gasteiger partial charge in [-0.25, -0.2) is 28.8 Å². The average Bonchev–Trinajstić information content (AvgIpc) is 3.59. The highest BCUT2D eigenvalue weighted by Crippen LogP contribution is 2.38. The van der Waals surface area contributed by atoms with Gasteiger partial charge in [0.2, 0.25) is 0 Å². The maximum Gasteiger partial charge on any atom is 0.346 e. The van der Waals surface area contributed by atoms with Gasteiger partial charge >= 0.3 is 35.8 Å². The van der Waals surface area contributed by atoms with Gasteiger partial charge in [-0.15, -0.1) is 0 Å². The Morgan fingerprint density at radius 2 is 0.808 bits per heavy atom. The molecule has 0 unspecified atom stereocenters. The SMILES string of the molecule is CC(C)(c1ccc(OC(=O)c2ccc3c(c2)C(=O)OC3=O)cc1)c1cccc(C(C)(C)c2ccc(OC(=O)c3ccc4c(c3)C(=O)OC4=O)cc2)c1. The first-order valence-electron chi connectivity index (χ1n) is 16.3. The van der Waals surface area contributed by atoms with E-state index in [2.05, 4.69) is 55.4 Å². The zero-order chi connectivity index (χ0) is 36.9. The molecule has 5 aromatic carbocycles. The highest BCUT2D eigenvalue weighted by molar-refractivity contribution is 6.16. The van der Waals surface area contributed by atoms with Crippen LogP contribution in [0.5, 0.6) is 11.5 Å². The van der Waals surface area contributed by atoms with Gasteiger partial charge in [0.05, 0.1) is 33.4 Å². The molecule has 258 valence electrons. The van der Waals surface area contributed by atoms with Gasteiger partial charge in [-0.3, -0.25) is 0 Å². The first-order chi connectivity index (χ1) is 24.7. The van der Waals surface area contributed by atoms with Crippen molar-refractivity contribution in [1.29, 1.82) is 0 Å². The van der Waals surface area contributed by atoms with Gasteiger partial charge in [0.25, 0.3) is 0 Å². The summed E-state index contributed by atoms with van der Waals surface area (Å²) in [6.07, 6.45) is 0. The lowest BCUT2D eigenvalue weighted by Crippen LogP contribution is -2.23. The number of benzene rings is 5. The van der Waals surface area contributed by atoms with Crippen LogP contribution < -0.4 is 9.47 Å². The summed E-state index contributed by atoms with van der Waals surface area (Å²) < 4.78 is 20.3. The number of cyclic esters (lactones) is 4. The Bertz CT molecular complexity index is 2190. The second-order valence-corrected chi connectivity index (χ2v) is 13.5. The summed E-state index contributed by atoms with van der Waals surface area (Å²) in [6.45, 7) is 8.43. The first-order valence-corrected chi connectivity index (χ1v) is 16.3. The molecule has 0 saturated heterocycles. The van der Waals surface area contributed by atoms with Gasteiger partial charge in [0, 0.05) is 10.8 Å². The smallest absolute Gasteiger partial charge is 0.346 e. The molecule has 0 saturated carbocycles. The summed E-state index contributed by atoms with van der Waals surface area (Å²) in [5, 5.41) is 0. The van der Waals surface area contributed by atoms with E-state index in [9.17, 15) is 28.8 Å². The fourth-order valence-corrected chi connectivity index (χ4v) is 6.27. The third-order valence-corrected chi connectivity index (χ3v) is 9.64. The van der Waals surface area contributed by atoms with Crippen LogP contribution in [0.2, 0.25) is 0 Å². The van der Waals surface area contributed by atoms with Crippen molar-refractivity contribution in [2.24, 2.45) is 0 Å². The summed E-state index contributed by atoms with van der Waals surface area (Å²) in [4.78, 5) is 72.9. The molecule has 10 heteroatoms. The first kappa shape index (κ1) is 33.8. The lowest BCUT2D eigenvalue weighted by molar-refractivity contribution is 0.0425. The predicted octanol–water partition coefficient (Wildman–Crippen LogP) is 7.40. The van der Waals surface area contributed by atoms with E-state index >= 15 is 0 Å². The van der Waals surface area contributed by atoms with E-state index < -0.39 is 46.6 Å². The predicted molar refractivity (Wildman–Crippen MR) is 186 cm³/mol. The molecular formula is C42H30O10. The number of ether oxygens (including phenoxy) is 4. The normalized spacial score (nSPS) is 13.6. The van der Waals surface area contributed by atoms with E-state index in [0.29, 0.717) is 11.5 Å². The summed E-state index contributed by atoms with van der Waals surface area (Å²) in [5.41, 5.74) is 3.76. The fourth-order valence-electron chi connectivity index (χ4n) is 6.27. The highest BCUT2D eigenvalue weighted by atomic mass is 16.6. The van der Waals surface area contributed by atoms with Crippen LogP contribution in [0.4, 0.5) is 0 Å². The molecule has 0 bridgehead atoms. The Labute approximate surface area is 297 Å². The highest BCUT2D eigenvalue weighted by Gasteiger charge is 2.32. The number of esters is 6. The molecule has 0 aliphatic carbocycles. The lowest BCUT2D eigenvalue weighted by atomic mass is 9.73. The molecule has 2 heterocycles. The van der Waals surface area contributed by atoms with Crippen LogP contribution in [0, 0.1) is 0 Å². The van der Waals surface area contributed by atoms with E-state index in [-0.39, 0.29) is 33.4 Å². The van der Waals surface area contributed by atoms with Crippen molar-refractivity contribution in [3.05, 3.63) is 165 Å². The Kier molecular flexibility index (Phi) is 8.18. The van der Waals surface area contributed by atoms with Gasteiger partial charge in [0.1, 0.15) is 11.5 Å². The number of hydrogen-bond donors (Lipinski definition) is 0. The van der Waals surface area contributed by atoms with Gasteiger partial charge in [-0.2, -0.15) is 0 Å². The van der Waals surface area contributed by atoms with Crippen molar-refractivity contribution in [2.45, 2.75) is 38.5 Å². The minimum absolute atomic E-state index is 0.0312. The molecule has 0 atom stereocenters. The molecule has 52 heavy (non-hydrogen) atoms. The number of hydrogen-bond acceptors (Lipinski definition) is 10. The maximum atomic E-state index is 12.8. The number of rotatable bonds is 8. The monoisotopic (exact) mass is 694 g/mol. The molecule has 5 aromatic rings. The Morgan fingerprint density at radius 1 is 0.442 bits per heavy atom. The number of fused-ring (bicyclic) bond motifs is 2. The van der Waals surface area contributed by atoms with E-state index in [4.69, 9.17) is 9.47 Å². The maximum absolute atomic E-state index is 12.8. The average molecular weight is 695 g/mol. The largest absolute Gasteiger partial charge is 0.423 e. The van der Waals surface area contributed by atoms with Gasteiger partial charge < -0.3 is 18.9 Å². The third-order valence-electron chi connectivity index (χ3n) is 9.64. The Hall–Kier alpha value is -6.68. The van der Waals surface area contributed by atoms with Crippen molar-refractivity contribution < 1.29 is 47.7 Å². The van der Waals surface area contributed by atoms with Crippen molar-refractivity contribution in [3.63, 3.8) is 0 Å². The third kappa shape index (κ3) is 6.04. The molecule has 0 radical (unpaired) electrons. The number of carbonyl (C=O) groups is 6. The van der Waals surface area contributed by atoms with Crippen LogP contribution >= 0.6 is 0 Å². The summed E-state index contributed by atoms with van der Waals surface area (Å²) >= 11 is 0. The van der Waals surface area contributed by atoms with Gasteiger partial charge in [-0.1, -0.05) is 76.2 Å². The zero-order valence-electron chi connectivity index (χ0n) is 28.5. The minimum atomic E-state index is -0.796. The summed E-state index contributed by atoms with van der Waals surface area (Å²) in [5.74, 6) is -3.78. The van der Waals surface area contributed by atoms with E-state index in [0.717, 1.165) is 22.3 Å². The van der Waals surface area contributed by atoms with Crippen LogP contribution in [0.3, 0.4) is 0 Å². The molecule has 0 aromatic heterocycles. The topological polar surface area (TPSA) is 139 Å². The summed E-state index contributed by atoms with van der Waals surface area (Å²) in [6, 6.07) is 30.9. The van der Waals surface area contributed by atoms with Gasteiger partial charge in [-0.05, 0) is 82.9 Å². The van der Waals surface area contributed by atoms with Crippen LogP contribution in [-0.2, 0) is 20.3 Å². The molecule has 10 nitrogen and oxygen atoms in total. The molecule has 7 rings (SSSR count). The van der Waals surface area contributed by atoms with Crippen LogP contribution in [0.1, 0.15) is 112 Å². The lowest BCUT2D eigenvalue weighted by Gasteiger charge is -2.31. The quantitative estimate of drug-likeness (QED) is 0.0917. The molecule has 0 fully saturated rings. The standard InChI is InChI=1S/C42H30O10/c1-41(2,25-10-14-29(15-11-25)49-35(43)23-8-18-31-33(20-23)39(47)51-37(31)45)27-6-5-7-28(22-27)42(3,4)26-12-16-30(17-13-26)50-36(44)24-9-19-32-34(21-24)40(48)52-38(32)46/h5-22H,1-4H3. The van der Waals surface area contributed by atoms with Crippen LogP contribution in [-0.4, -0.2) is 35.8 Å². The van der Waals surface area contributed by atoms with E-state index in [1.54, 1.807) is 24.3 Å². The molecule has 0 N–H and O–H groups in total. The van der Waals surface area contributed by atoms with Crippen molar-refractivity contribution in [2.75, 3.05) is 0 Å². The fraction of sp³-hybridized carbons (Fsp3) is 0.143. The van der Waals surface area contributed by atoms with Gasteiger partial charge in [0.15, 0.2) is 0 Å². The van der Waals surface area contributed by atoms with E-state index in [1.807, 2.05) is 30.3 Å².